The van der Waals surface area contributed by atoms with Crippen LogP contribution >= 0.6 is 23.2 Å². The van der Waals surface area contributed by atoms with Crippen molar-refractivity contribution < 1.29 is 9.53 Å². The molecule has 0 radical (unpaired) electrons. The number of hydrogen-bond acceptors (Lipinski definition) is 2. The van der Waals surface area contributed by atoms with Crippen molar-refractivity contribution in [2.24, 2.45) is 5.92 Å². The Balaban J connectivity index is 1.61. The lowest BCUT2D eigenvalue weighted by Crippen LogP contribution is -2.14. The van der Waals surface area contributed by atoms with Crippen molar-refractivity contribution in [3.63, 3.8) is 0 Å². The van der Waals surface area contributed by atoms with Crippen LogP contribution < -0.4 is 10.1 Å². The van der Waals surface area contributed by atoms with Gasteiger partial charge < -0.3 is 10.1 Å². The fourth-order valence-electron chi connectivity index (χ4n) is 2.68. The first-order valence-electron chi connectivity index (χ1n) is 7.56. The third kappa shape index (κ3) is 3.98. The molecule has 1 N–H and O–H groups in total. The van der Waals surface area contributed by atoms with Crippen LogP contribution in [0, 0.1) is 5.92 Å². The minimum atomic E-state index is -0.0314. The minimum absolute atomic E-state index is 0.0234. The number of hydrogen-bond donors (Lipinski definition) is 1. The van der Waals surface area contributed by atoms with Gasteiger partial charge in [-0.25, -0.2) is 0 Å². The zero-order valence-electron chi connectivity index (χ0n) is 12.7. The molecule has 2 aromatic carbocycles. The van der Waals surface area contributed by atoms with E-state index >= 15 is 0 Å². The number of benzene rings is 2. The van der Waals surface area contributed by atoms with Gasteiger partial charge in [-0.05, 0) is 67.3 Å². The van der Waals surface area contributed by atoms with E-state index in [9.17, 15) is 4.79 Å². The lowest BCUT2D eigenvalue weighted by Gasteiger charge is -2.07. The second-order valence-electron chi connectivity index (χ2n) is 5.60. The van der Waals surface area contributed by atoms with E-state index in [4.69, 9.17) is 27.9 Å². The number of halogens is 2. The van der Waals surface area contributed by atoms with Gasteiger partial charge >= 0.3 is 0 Å². The van der Waals surface area contributed by atoms with Crippen LogP contribution in [0.4, 0.5) is 5.69 Å². The molecular weight excluding hydrogens is 333 g/mol. The molecule has 0 unspecified atom stereocenters. The van der Waals surface area contributed by atoms with Crippen molar-refractivity contribution in [2.45, 2.75) is 19.3 Å². The van der Waals surface area contributed by atoms with Gasteiger partial charge in [0, 0.05) is 21.7 Å². The van der Waals surface area contributed by atoms with Crippen molar-refractivity contribution in [3.8, 4) is 5.75 Å². The number of carbonyl (C=O) groups excluding carboxylic acids is 1. The molecule has 0 aliphatic heterocycles. The maximum absolute atomic E-state index is 12.3. The van der Waals surface area contributed by atoms with E-state index in [-0.39, 0.29) is 17.7 Å². The number of ether oxygens (including phenoxy) is 1. The molecule has 3 nitrogen and oxygen atoms in total. The Morgan fingerprint density at radius 3 is 2.43 bits per heavy atom. The van der Waals surface area contributed by atoms with Gasteiger partial charge in [0.1, 0.15) is 5.75 Å². The predicted molar refractivity (Wildman–Crippen MR) is 93.6 cm³/mol. The van der Waals surface area contributed by atoms with Crippen molar-refractivity contribution in [1.82, 2.24) is 0 Å². The second kappa shape index (κ2) is 6.81. The van der Waals surface area contributed by atoms with E-state index in [1.165, 1.54) is 0 Å². The summed E-state index contributed by atoms with van der Waals surface area (Å²) in [5.74, 6) is 0.976. The van der Waals surface area contributed by atoms with Crippen molar-refractivity contribution in [3.05, 3.63) is 58.1 Å². The van der Waals surface area contributed by atoms with Crippen LogP contribution in [0.3, 0.4) is 0 Å². The van der Waals surface area contributed by atoms with Crippen LogP contribution in [0.5, 0.6) is 5.75 Å². The molecule has 0 saturated heterocycles. The van der Waals surface area contributed by atoms with Crippen LogP contribution in [0.25, 0.3) is 0 Å². The molecular formula is C18H17Cl2NO2. The van der Waals surface area contributed by atoms with E-state index in [1.807, 2.05) is 43.3 Å². The van der Waals surface area contributed by atoms with E-state index in [1.54, 1.807) is 6.07 Å². The third-order valence-electron chi connectivity index (χ3n) is 3.87. The van der Waals surface area contributed by atoms with E-state index < -0.39 is 0 Å². The molecule has 0 aromatic heterocycles. The minimum Gasteiger partial charge on any atom is -0.494 e. The maximum atomic E-state index is 12.3. The summed E-state index contributed by atoms with van der Waals surface area (Å²) < 4.78 is 5.39. The molecule has 120 valence electrons. The Hall–Kier alpha value is -1.71. The van der Waals surface area contributed by atoms with E-state index in [0.29, 0.717) is 16.7 Å². The summed E-state index contributed by atoms with van der Waals surface area (Å²) in [7, 11) is 0. The lowest BCUT2D eigenvalue weighted by molar-refractivity contribution is -0.117. The Morgan fingerprint density at radius 2 is 1.83 bits per heavy atom. The van der Waals surface area contributed by atoms with E-state index in [0.717, 1.165) is 23.4 Å². The molecule has 0 bridgehead atoms. The molecule has 1 fully saturated rings. The Labute approximate surface area is 145 Å². The van der Waals surface area contributed by atoms with Crippen LogP contribution in [0.15, 0.2) is 42.5 Å². The molecule has 0 spiro atoms. The van der Waals surface area contributed by atoms with Crippen molar-refractivity contribution >= 4 is 34.8 Å². The van der Waals surface area contributed by atoms with Gasteiger partial charge in [-0.1, -0.05) is 23.2 Å². The predicted octanol–water partition coefficient (Wildman–Crippen LogP) is 5.13. The summed E-state index contributed by atoms with van der Waals surface area (Å²) in [4.78, 5) is 12.3. The summed E-state index contributed by atoms with van der Waals surface area (Å²) in [6.07, 6.45) is 0.819. The molecule has 3 rings (SSSR count). The van der Waals surface area contributed by atoms with Gasteiger partial charge in [0.2, 0.25) is 5.91 Å². The van der Waals surface area contributed by atoms with E-state index in [2.05, 4.69) is 5.32 Å². The standard InChI is InChI=1S/C18H17Cl2NO2/c1-2-23-15-5-3-14(4-6-15)21-18(22)17-10-16(17)11-7-12(19)9-13(20)8-11/h3-9,16-17H,2,10H2,1H3,(H,21,22)/t16-,17+/m0/s1. The molecule has 1 aliphatic carbocycles. The first-order chi connectivity index (χ1) is 11.1. The molecule has 1 saturated carbocycles. The topological polar surface area (TPSA) is 38.3 Å². The quantitative estimate of drug-likeness (QED) is 0.811. The molecule has 2 atom stereocenters. The fraction of sp³-hybridized carbons (Fsp3) is 0.278. The number of carbonyl (C=O) groups is 1. The molecule has 1 amide bonds. The number of amides is 1. The van der Waals surface area contributed by atoms with Crippen LogP contribution in [-0.2, 0) is 4.79 Å². The first kappa shape index (κ1) is 16.2. The Morgan fingerprint density at radius 1 is 1.17 bits per heavy atom. The fourth-order valence-corrected chi connectivity index (χ4v) is 3.22. The number of rotatable bonds is 5. The Kier molecular flexibility index (Phi) is 4.79. The van der Waals surface area contributed by atoms with Crippen LogP contribution in [0.1, 0.15) is 24.8 Å². The van der Waals surface area contributed by atoms with Gasteiger partial charge in [0.05, 0.1) is 6.61 Å². The lowest BCUT2D eigenvalue weighted by atomic mass is 10.1. The second-order valence-corrected chi connectivity index (χ2v) is 6.47. The largest absolute Gasteiger partial charge is 0.494 e. The molecule has 23 heavy (non-hydrogen) atoms. The number of nitrogens with one attached hydrogen (secondary N) is 1. The van der Waals surface area contributed by atoms with Gasteiger partial charge in [0.25, 0.3) is 0 Å². The van der Waals surface area contributed by atoms with Gasteiger partial charge in [-0.15, -0.1) is 0 Å². The van der Waals surface area contributed by atoms with Crippen LogP contribution in [-0.4, -0.2) is 12.5 Å². The monoisotopic (exact) mass is 349 g/mol. The van der Waals surface area contributed by atoms with Gasteiger partial charge in [-0.3, -0.25) is 4.79 Å². The highest BCUT2D eigenvalue weighted by molar-refractivity contribution is 6.34. The molecule has 0 heterocycles. The van der Waals surface area contributed by atoms with Crippen molar-refractivity contribution in [1.29, 1.82) is 0 Å². The van der Waals surface area contributed by atoms with Gasteiger partial charge in [-0.2, -0.15) is 0 Å². The van der Waals surface area contributed by atoms with Crippen molar-refractivity contribution in [2.75, 3.05) is 11.9 Å². The highest BCUT2D eigenvalue weighted by Gasteiger charge is 2.44. The summed E-state index contributed by atoms with van der Waals surface area (Å²) in [5, 5.41) is 4.15. The molecule has 1 aliphatic rings. The first-order valence-corrected chi connectivity index (χ1v) is 8.32. The summed E-state index contributed by atoms with van der Waals surface area (Å²) in [6.45, 7) is 2.56. The summed E-state index contributed by atoms with van der Waals surface area (Å²) in [6, 6.07) is 12.8. The highest BCUT2D eigenvalue weighted by Crippen LogP contribution is 2.49. The summed E-state index contributed by atoms with van der Waals surface area (Å²) in [5.41, 5.74) is 1.79. The Bertz CT molecular complexity index is 695. The third-order valence-corrected chi connectivity index (χ3v) is 4.31. The zero-order valence-corrected chi connectivity index (χ0v) is 14.2. The normalized spacial score (nSPS) is 19.3. The average molecular weight is 350 g/mol. The van der Waals surface area contributed by atoms with Crippen LogP contribution in [0.2, 0.25) is 10.0 Å². The zero-order chi connectivity index (χ0) is 16.4. The summed E-state index contributed by atoms with van der Waals surface area (Å²) >= 11 is 12.0. The average Bonchev–Trinajstić information content (AvgIpc) is 3.29. The molecule has 2 aromatic rings. The number of anilines is 1. The smallest absolute Gasteiger partial charge is 0.228 e. The molecule has 5 heteroatoms. The highest BCUT2D eigenvalue weighted by atomic mass is 35.5. The van der Waals surface area contributed by atoms with Gasteiger partial charge in [0.15, 0.2) is 0 Å². The maximum Gasteiger partial charge on any atom is 0.228 e. The SMILES string of the molecule is CCOc1ccc(NC(=O)[C@@H]2C[C@H]2c2cc(Cl)cc(Cl)c2)cc1.